The van der Waals surface area contributed by atoms with E-state index in [1.54, 1.807) is 4.90 Å². The Balaban J connectivity index is 1.57. The van der Waals surface area contributed by atoms with Crippen molar-refractivity contribution in [3.8, 4) is 5.75 Å². The fourth-order valence-corrected chi connectivity index (χ4v) is 2.85. The minimum Gasteiger partial charge on any atom is -0.492 e. The van der Waals surface area contributed by atoms with E-state index in [0.717, 1.165) is 0 Å². The molecule has 1 aliphatic heterocycles. The summed E-state index contributed by atoms with van der Waals surface area (Å²) >= 11 is 0. The maximum atomic E-state index is 12.4. The van der Waals surface area contributed by atoms with Crippen LogP contribution in [0.25, 0.3) is 0 Å². The van der Waals surface area contributed by atoms with Crippen molar-refractivity contribution in [3.63, 3.8) is 0 Å². The molecular formula is C17H22N2O4. The third-order valence-electron chi connectivity index (χ3n) is 4.21. The SMILES string of the molecule is CCOc1ccccc1NC(=O)C1CC1C(=O)N1CCOCC1. The van der Waals surface area contributed by atoms with Gasteiger partial charge in [0.25, 0.3) is 0 Å². The lowest BCUT2D eigenvalue weighted by molar-refractivity contribution is -0.137. The number of carbonyl (C=O) groups excluding carboxylic acids is 2. The zero-order valence-corrected chi connectivity index (χ0v) is 13.3. The summed E-state index contributed by atoms with van der Waals surface area (Å²) in [6, 6.07) is 7.34. The normalized spacial score (nSPS) is 23.3. The van der Waals surface area contributed by atoms with E-state index in [4.69, 9.17) is 9.47 Å². The van der Waals surface area contributed by atoms with E-state index in [0.29, 0.717) is 50.8 Å². The summed E-state index contributed by atoms with van der Waals surface area (Å²) in [5.74, 6) is 0.197. The van der Waals surface area contributed by atoms with Gasteiger partial charge in [-0.05, 0) is 25.5 Å². The Morgan fingerprint density at radius 1 is 1.26 bits per heavy atom. The van der Waals surface area contributed by atoms with E-state index >= 15 is 0 Å². The molecule has 0 spiro atoms. The van der Waals surface area contributed by atoms with Crippen LogP contribution in [0.4, 0.5) is 5.69 Å². The molecule has 0 aromatic heterocycles. The summed E-state index contributed by atoms with van der Waals surface area (Å²) in [6.45, 7) is 4.84. The first-order chi connectivity index (χ1) is 11.2. The number of nitrogens with one attached hydrogen (secondary N) is 1. The average molecular weight is 318 g/mol. The van der Waals surface area contributed by atoms with Gasteiger partial charge in [0, 0.05) is 13.1 Å². The molecule has 1 aromatic rings. The molecule has 1 aromatic carbocycles. The molecule has 1 saturated heterocycles. The van der Waals surface area contributed by atoms with Crippen LogP contribution in [0.3, 0.4) is 0 Å². The summed E-state index contributed by atoms with van der Waals surface area (Å²) in [7, 11) is 0. The Hall–Kier alpha value is -2.08. The second-order valence-corrected chi connectivity index (χ2v) is 5.80. The van der Waals surface area contributed by atoms with Crippen LogP contribution in [-0.2, 0) is 14.3 Å². The Morgan fingerprint density at radius 2 is 2.00 bits per heavy atom. The number of anilines is 1. The average Bonchev–Trinajstić information content (AvgIpc) is 3.38. The maximum Gasteiger partial charge on any atom is 0.228 e. The monoisotopic (exact) mass is 318 g/mol. The third-order valence-corrected chi connectivity index (χ3v) is 4.21. The number of hydrogen-bond acceptors (Lipinski definition) is 4. The molecule has 2 aliphatic rings. The molecule has 1 aliphatic carbocycles. The van der Waals surface area contributed by atoms with Crippen LogP contribution in [-0.4, -0.2) is 49.6 Å². The first-order valence-corrected chi connectivity index (χ1v) is 8.10. The summed E-state index contributed by atoms with van der Waals surface area (Å²) in [5.41, 5.74) is 0.656. The molecule has 1 heterocycles. The molecule has 2 amide bonds. The van der Waals surface area contributed by atoms with Gasteiger partial charge in [0.15, 0.2) is 0 Å². The second-order valence-electron chi connectivity index (χ2n) is 5.80. The van der Waals surface area contributed by atoms with Gasteiger partial charge in [-0.2, -0.15) is 0 Å². The fraction of sp³-hybridized carbons (Fsp3) is 0.529. The lowest BCUT2D eigenvalue weighted by Crippen LogP contribution is -2.42. The summed E-state index contributed by atoms with van der Waals surface area (Å²) in [5, 5.41) is 2.89. The molecule has 1 N–H and O–H groups in total. The quantitative estimate of drug-likeness (QED) is 0.894. The molecule has 1 saturated carbocycles. The van der Waals surface area contributed by atoms with Crippen LogP contribution in [0.1, 0.15) is 13.3 Å². The van der Waals surface area contributed by atoms with E-state index in [-0.39, 0.29) is 23.7 Å². The van der Waals surface area contributed by atoms with E-state index in [1.807, 2.05) is 31.2 Å². The highest BCUT2D eigenvalue weighted by Crippen LogP contribution is 2.41. The predicted molar refractivity (Wildman–Crippen MR) is 85.2 cm³/mol. The topological polar surface area (TPSA) is 67.9 Å². The van der Waals surface area contributed by atoms with Gasteiger partial charge < -0.3 is 19.7 Å². The van der Waals surface area contributed by atoms with Crippen molar-refractivity contribution >= 4 is 17.5 Å². The van der Waals surface area contributed by atoms with Crippen LogP contribution >= 0.6 is 0 Å². The number of nitrogens with zero attached hydrogens (tertiary/aromatic N) is 1. The Labute approximate surface area is 135 Å². The van der Waals surface area contributed by atoms with Crippen LogP contribution in [0, 0.1) is 11.8 Å². The lowest BCUT2D eigenvalue weighted by Gasteiger charge is -2.27. The molecule has 6 heteroatoms. The summed E-state index contributed by atoms with van der Waals surface area (Å²) < 4.78 is 10.8. The Bertz CT molecular complexity index is 584. The van der Waals surface area contributed by atoms with Crippen molar-refractivity contribution in [1.29, 1.82) is 0 Å². The molecular weight excluding hydrogens is 296 g/mol. The molecule has 2 unspecified atom stereocenters. The molecule has 23 heavy (non-hydrogen) atoms. The second kappa shape index (κ2) is 7.00. The number of amides is 2. The number of ether oxygens (including phenoxy) is 2. The summed E-state index contributed by atoms with van der Waals surface area (Å²) in [4.78, 5) is 26.5. The fourth-order valence-electron chi connectivity index (χ4n) is 2.85. The molecule has 0 radical (unpaired) electrons. The van der Waals surface area contributed by atoms with Crippen molar-refractivity contribution in [3.05, 3.63) is 24.3 Å². The molecule has 2 atom stereocenters. The van der Waals surface area contributed by atoms with E-state index in [9.17, 15) is 9.59 Å². The number of para-hydroxylation sites is 2. The third kappa shape index (κ3) is 3.64. The first kappa shape index (κ1) is 15.8. The summed E-state index contributed by atoms with van der Waals surface area (Å²) in [6.07, 6.45) is 0.624. The van der Waals surface area contributed by atoms with Crippen molar-refractivity contribution in [2.45, 2.75) is 13.3 Å². The van der Waals surface area contributed by atoms with Crippen LogP contribution in [0.5, 0.6) is 5.75 Å². The van der Waals surface area contributed by atoms with Gasteiger partial charge in [0.2, 0.25) is 11.8 Å². The van der Waals surface area contributed by atoms with Crippen molar-refractivity contribution in [2.75, 3.05) is 38.2 Å². The van der Waals surface area contributed by atoms with Gasteiger partial charge in [-0.15, -0.1) is 0 Å². The molecule has 6 nitrogen and oxygen atoms in total. The molecule has 2 fully saturated rings. The molecule has 124 valence electrons. The maximum absolute atomic E-state index is 12.4. The smallest absolute Gasteiger partial charge is 0.228 e. The van der Waals surface area contributed by atoms with Gasteiger partial charge in [-0.25, -0.2) is 0 Å². The Kier molecular flexibility index (Phi) is 4.81. The van der Waals surface area contributed by atoms with Crippen molar-refractivity contribution in [1.82, 2.24) is 4.90 Å². The van der Waals surface area contributed by atoms with E-state index in [2.05, 4.69) is 5.32 Å². The van der Waals surface area contributed by atoms with Crippen molar-refractivity contribution < 1.29 is 19.1 Å². The van der Waals surface area contributed by atoms with Crippen LogP contribution in [0.15, 0.2) is 24.3 Å². The highest BCUT2D eigenvalue weighted by atomic mass is 16.5. The number of morpholine rings is 1. The first-order valence-electron chi connectivity index (χ1n) is 8.10. The van der Waals surface area contributed by atoms with Crippen molar-refractivity contribution in [2.24, 2.45) is 11.8 Å². The molecule has 0 bridgehead atoms. The largest absolute Gasteiger partial charge is 0.492 e. The highest BCUT2D eigenvalue weighted by Gasteiger charge is 2.49. The number of benzene rings is 1. The van der Waals surface area contributed by atoms with Gasteiger partial charge >= 0.3 is 0 Å². The minimum atomic E-state index is -0.236. The van der Waals surface area contributed by atoms with Crippen LogP contribution in [0.2, 0.25) is 0 Å². The van der Waals surface area contributed by atoms with Gasteiger partial charge in [-0.1, -0.05) is 12.1 Å². The number of carbonyl (C=O) groups is 2. The predicted octanol–water partition coefficient (Wildman–Crippen LogP) is 1.52. The zero-order valence-electron chi connectivity index (χ0n) is 13.3. The van der Waals surface area contributed by atoms with Gasteiger partial charge in [0.05, 0.1) is 37.3 Å². The van der Waals surface area contributed by atoms with Gasteiger partial charge in [-0.3, -0.25) is 9.59 Å². The lowest BCUT2D eigenvalue weighted by atomic mass is 10.2. The van der Waals surface area contributed by atoms with Gasteiger partial charge in [0.1, 0.15) is 5.75 Å². The Morgan fingerprint density at radius 3 is 2.74 bits per heavy atom. The molecule has 3 rings (SSSR count). The van der Waals surface area contributed by atoms with Crippen LogP contribution < -0.4 is 10.1 Å². The van der Waals surface area contributed by atoms with E-state index in [1.165, 1.54) is 0 Å². The number of hydrogen-bond donors (Lipinski definition) is 1. The van der Waals surface area contributed by atoms with E-state index < -0.39 is 0 Å². The zero-order chi connectivity index (χ0) is 16.2. The minimum absolute atomic E-state index is 0.0755. The highest BCUT2D eigenvalue weighted by molar-refractivity contribution is 6.00. The number of rotatable bonds is 5. The standard InChI is InChI=1S/C17H22N2O4/c1-2-23-15-6-4-3-5-14(15)18-16(20)12-11-13(12)17(21)19-7-9-22-10-8-19/h3-6,12-13H,2,7-11H2,1H3,(H,18,20).